The van der Waals surface area contributed by atoms with Crippen molar-refractivity contribution in [3.8, 4) is 0 Å². The predicted octanol–water partition coefficient (Wildman–Crippen LogP) is 1.08. The first-order valence-corrected chi connectivity index (χ1v) is 4.70. The first kappa shape index (κ1) is 11.1. The van der Waals surface area contributed by atoms with Gasteiger partial charge in [-0.3, -0.25) is 4.98 Å². The summed E-state index contributed by atoms with van der Waals surface area (Å²) < 4.78 is 12.7. The zero-order valence-corrected chi connectivity index (χ0v) is 8.20. The van der Waals surface area contributed by atoms with Gasteiger partial charge in [-0.2, -0.15) is 0 Å². The number of rotatable bonds is 5. The van der Waals surface area contributed by atoms with Crippen LogP contribution in [0.25, 0.3) is 0 Å². The van der Waals surface area contributed by atoms with Crippen molar-refractivity contribution in [1.29, 1.82) is 0 Å². The lowest BCUT2D eigenvalue weighted by Crippen LogP contribution is -2.25. The lowest BCUT2D eigenvalue weighted by atomic mass is 10.2. The average Bonchev–Trinajstić information content (AvgIpc) is 2.17. The third-order valence-electron chi connectivity index (χ3n) is 1.94. The quantitative estimate of drug-likeness (QED) is 0.744. The van der Waals surface area contributed by atoms with Gasteiger partial charge in [0.1, 0.15) is 5.82 Å². The van der Waals surface area contributed by atoms with Gasteiger partial charge < -0.3 is 10.4 Å². The van der Waals surface area contributed by atoms with Crippen molar-refractivity contribution in [2.24, 2.45) is 0 Å². The van der Waals surface area contributed by atoms with Crippen LogP contribution in [0.4, 0.5) is 4.39 Å². The van der Waals surface area contributed by atoms with Gasteiger partial charge >= 0.3 is 0 Å². The Morgan fingerprint density at radius 1 is 1.57 bits per heavy atom. The van der Waals surface area contributed by atoms with Gasteiger partial charge in [0.05, 0.1) is 12.3 Å². The maximum atomic E-state index is 12.7. The molecule has 0 saturated carbocycles. The van der Waals surface area contributed by atoms with E-state index in [0.717, 1.165) is 5.56 Å². The molecule has 0 saturated heterocycles. The lowest BCUT2D eigenvalue weighted by Gasteiger charge is -2.08. The Morgan fingerprint density at radius 3 is 3.00 bits per heavy atom. The number of nitrogens with zero attached hydrogens (tertiary/aromatic N) is 1. The summed E-state index contributed by atoms with van der Waals surface area (Å²) in [6.07, 6.45) is 3.16. The highest BCUT2D eigenvalue weighted by Gasteiger charge is 2.00. The topological polar surface area (TPSA) is 45.1 Å². The summed E-state index contributed by atoms with van der Waals surface area (Å²) in [5.41, 5.74) is 0.785. The molecule has 1 aromatic heterocycles. The predicted molar refractivity (Wildman–Crippen MR) is 52.2 cm³/mol. The highest BCUT2D eigenvalue weighted by molar-refractivity contribution is 5.09. The SMILES string of the molecule is CCC(O)CNCc1cncc(F)c1. The Labute approximate surface area is 83.0 Å². The second-order valence-corrected chi connectivity index (χ2v) is 3.20. The number of halogens is 1. The van der Waals surface area contributed by atoms with Crippen LogP contribution >= 0.6 is 0 Å². The van der Waals surface area contributed by atoms with E-state index in [9.17, 15) is 9.50 Å². The van der Waals surface area contributed by atoms with E-state index < -0.39 is 0 Å². The smallest absolute Gasteiger partial charge is 0.141 e. The van der Waals surface area contributed by atoms with Gasteiger partial charge in [0, 0.05) is 19.3 Å². The van der Waals surface area contributed by atoms with Crippen molar-refractivity contribution >= 4 is 0 Å². The number of aliphatic hydroxyl groups is 1. The standard InChI is InChI=1S/C10H15FN2O/c1-2-10(14)7-13-5-8-3-9(11)6-12-4-8/h3-4,6,10,13-14H,2,5,7H2,1H3. The molecule has 1 atom stereocenters. The first-order valence-electron chi connectivity index (χ1n) is 4.70. The van der Waals surface area contributed by atoms with Crippen LogP contribution in [0.1, 0.15) is 18.9 Å². The van der Waals surface area contributed by atoms with Gasteiger partial charge in [0.2, 0.25) is 0 Å². The second kappa shape index (κ2) is 5.67. The highest BCUT2D eigenvalue weighted by Crippen LogP contribution is 2.00. The van der Waals surface area contributed by atoms with Crippen molar-refractivity contribution in [2.75, 3.05) is 6.54 Å². The highest BCUT2D eigenvalue weighted by atomic mass is 19.1. The van der Waals surface area contributed by atoms with Crippen molar-refractivity contribution in [3.63, 3.8) is 0 Å². The van der Waals surface area contributed by atoms with Gasteiger partial charge in [0.25, 0.3) is 0 Å². The van der Waals surface area contributed by atoms with Crippen molar-refractivity contribution in [1.82, 2.24) is 10.3 Å². The fourth-order valence-electron chi connectivity index (χ4n) is 1.08. The van der Waals surface area contributed by atoms with E-state index in [1.807, 2.05) is 6.92 Å². The van der Waals surface area contributed by atoms with Crippen LogP contribution < -0.4 is 5.32 Å². The van der Waals surface area contributed by atoms with E-state index in [1.54, 1.807) is 6.20 Å². The molecule has 14 heavy (non-hydrogen) atoms. The lowest BCUT2D eigenvalue weighted by molar-refractivity contribution is 0.167. The van der Waals surface area contributed by atoms with E-state index in [4.69, 9.17) is 0 Å². The fraction of sp³-hybridized carbons (Fsp3) is 0.500. The Balaban J connectivity index is 2.31. The summed E-state index contributed by atoms with van der Waals surface area (Å²) >= 11 is 0. The van der Waals surface area contributed by atoms with Crippen LogP contribution in [0, 0.1) is 5.82 Å². The molecule has 0 fully saturated rings. The second-order valence-electron chi connectivity index (χ2n) is 3.20. The third kappa shape index (κ3) is 3.81. The minimum atomic E-state index is -0.337. The number of hydrogen-bond acceptors (Lipinski definition) is 3. The number of nitrogens with one attached hydrogen (secondary N) is 1. The Morgan fingerprint density at radius 2 is 2.36 bits per heavy atom. The molecule has 1 unspecified atom stereocenters. The van der Waals surface area contributed by atoms with E-state index in [-0.39, 0.29) is 11.9 Å². The molecule has 1 rings (SSSR count). The van der Waals surface area contributed by atoms with Crippen LogP contribution in [-0.2, 0) is 6.54 Å². The van der Waals surface area contributed by atoms with Crippen LogP contribution in [0.5, 0.6) is 0 Å². The van der Waals surface area contributed by atoms with Crippen molar-refractivity contribution in [3.05, 3.63) is 29.8 Å². The molecule has 78 valence electrons. The van der Waals surface area contributed by atoms with E-state index in [2.05, 4.69) is 10.3 Å². The Kier molecular flexibility index (Phi) is 4.49. The molecule has 0 radical (unpaired) electrons. The van der Waals surface area contributed by atoms with Crippen molar-refractivity contribution < 1.29 is 9.50 Å². The summed E-state index contributed by atoms with van der Waals surface area (Å²) in [6.45, 7) is 2.96. The molecule has 1 aromatic rings. The zero-order valence-electron chi connectivity index (χ0n) is 8.20. The average molecular weight is 198 g/mol. The van der Waals surface area contributed by atoms with Gasteiger partial charge in [-0.25, -0.2) is 4.39 Å². The molecule has 4 heteroatoms. The van der Waals surface area contributed by atoms with Crippen molar-refractivity contribution in [2.45, 2.75) is 26.0 Å². The largest absolute Gasteiger partial charge is 0.392 e. The van der Waals surface area contributed by atoms with Crippen LogP contribution in [0.15, 0.2) is 18.5 Å². The normalized spacial score (nSPS) is 12.8. The van der Waals surface area contributed by atoms with Crippen LogP contribution in [0.2, 0.25) is 0 Å². The van der Waals surface area contributed by atoms with Gasteiger partial charge in [-0.05, 0) is 18.1 Å². The number of aliphatic hydroxyl groups excluding tert-OH is 1. The van der Waals surface area contributed by atoms with Gasteiger partial charge in [-0.1, -0.05) is 6.92 Å². The molecular weight excluding hydrogens is 183 g/mol. The maximum absolute atomic E-state index is 12.7. The van der Waals surface area contributed by atoms with E-state index in [0.29, 0.717) is 19.5 Å². The summed E-state index contributed by atoms with van der Waals surface area (Å²) in [5.74, 6) is -0.333. The molecule has 0 aromatic carbocycles. The summed E-state index contributed by atoms with van der Waals surface area (Å²) in [7, 11) is 0. The number of pyridine rings is 1. The Hall–Kier alpha value is -1.00. The molecule has 1 heterocycles. The van der Waals surface area contributed by atoms with Crippen LogP contribution in [-0.4, -0.2) is 22.7 Å². The van der Waals surface area contributed by atoms with E-state index in [1.165, 1.54) is 12.3 Å². The molecule has 0 spiro atoms. The molecule has 2 N–H and O–H groups in total. The minimum absolute atomic E-state index is 0.333. The van der Waals surface area contributed by atoms with Gasteiger partial charge in [0.15, 0.2) is 0 Å². The van der Waals surface area contributed by atoms with E-state index >= 15 is 0 Å². The maximum Gasteiger partial charge on any atom is 0.141 e. The monoisotopic (exact) mass is 198 g/mol. The van der Waals surface area contributed by atoms with Crippen LogP contribution in [0.3, 0.4) is 0 Å². The molecule has 3 nitrogen and oxygen atoms in total. The Bertz CT molecular complexity index is 281. The zero-order chi connectivity index (χ0) is 10.4. The third-order valence-corrected chi connectivity index (χ3v) is 1.94. The molecular formula is C10H15FN2O. The summed E-state index contributed by atoms with van der Waals surface area (Å²) in [5, 5.41) is 12.3. The van der Waals surface area contributed by atoms with Gasteiger partial charge in [-0.15, -0.1) is 0 Å². The molecule has 0 aliphatic rings. The molecule has 0 aliphatic heterocycles. The minimum Gasteiger partial charge on any atom is -0.392 e. The summed E-state index contributed by atoms with van der Waals surface area (Å²) in [6, 6.07) is 1.43. The number of hydrogen-bond donors (Lipinski definition) is 2. The number of aromatic nitrogens is 1. The first-order chi connectivity index (χ1) is 6.72. The molecule has 0 bridgehead atoms. The molecule has 0 amide bonds. The molecule has 0 aliphatic carbocycles. The summed E-state index contributed by atoms with van der Waals surface area (Å²) in [4.78, 5) is 3.72. The fourth-order valence-corrected chi connectivity index (χ4v) is 1.08.